The van der Waals surface area contributed by atoms with Gasteiger partial charge < -0.3 is 14.5 Å². The molecule has 0 atom stereocenters. The number of amides is 1. The molecule has 32 heavy (non-hydrogen) atoms. The molecule has 1 aliphatic carbocycles. The second kappa shape index (κ2) is 7.91. The lowest BCUT2D eigenvalue weighted by molar-refractivity contribution is -0.117. The Hall–Kier alpha value is -3.45. The van der Waals surface area contributed by atoms with Crippen molar-refractivity contribution in [1.29, 1.82) is 0 Å². The van der Waals surface area contributed by atoms with E-state index in [2.05, 4.69) is 5.32 Å². The summed E-state index contributed by atoms with van der Waals surface area (Å²) in [6, 6.07) is 12.8. The number of benzene rings is 2. The van der Waals surface area contributed by atoms with E-state index in [1.54, 1.807) is 6.07 Å². The molecular weight excluding hydrogens is 426 g/mol. The third-order valence-corrected chi connectivity index (χ3v) is 6.97. The van der Waals surface area contributed by atoms with Gasteiger partial charge >= 0.3 is 11.6 Å². The van der Waals surface area contributed by atoms with E-state index in [4.69, 9.17) is 9.15 Å². The molecule has 0 saturated heterocycles. The van der Waals surface area contributed by atoms with Crippen molar-refractivity contribution < 1.29 is 18.7 Å². The number of aryl methyl sites for hydroxylation is 1. The van der Waals surface area contributed by atoms with Gasteiger partial charge in [-0.25, -0.2) is 9.59 Å². The summed E-state index contributed by atoms with van der Waals surface area (Å²) < 4.78 is 11.0. The molecule has 0 aliphatic heterocycles. The Balaban J connectivity index is 1.48. The van der Waals surface area contributed by atoms with Crippen LogP contribution in [0.5, 0.6) is 0 Å². The number of carbonyl (C=O) groups excluding carboxylic acids is 2. The quantitative estimate of drug-likeness (QED) is 0.254. The minimum atomic E-state index is -0.528. The second-order valence-corrected chi connectivity index (χ2v) is 9.30. The molecule has 7 heteroatoms. The Kier molecular flexibility index (Phi) is 5.06. The van der Waals surface area contributed by atoms with Crippen LogP contribution in [0.4, 0.5) is 5.00 Å². The van der Waals surface area contributed by atoms with Gasteiger partial charge in [-0.05, 0) is 49.1 Å². The number of fused-ring (bicyclic) bond motifs is 3. The lowest BCUT2D eigenvalue weighted by Crippen LogP contribution is -2.16. The van der Waals surface area contributed by atoms with Crippen LogP contribution in [0.15, 0.2) is 51.7 Å². The van der Waals surface area contributed by atoms with E-state index in [0.717, 1.165) is 39.4 Å². The summed E-state index contributed by atoms with van der Waals surface area (Å²) in [6.07, 6.45) is 1.76. The number of anilines is 1. The monoisotopic (exact) mass is 447 g/mol. The van der Waals surface area contributed by atoms with Crippen LogP contribution in [0.25, 0.3) is 21.7 Å². The van der Waals surface area contributed by atoms with Gasteiger partial charge in [-0.2, -0.15) is 0 Å². The van der Waals surface area contributed by atoms with E-state index >= 15 is 0 Å². The number of esters is 1. The van der Waals surface area contributed by atoms with Crippen molar-refractivity contribution in [3.8, 4) is 0 Å². The lowest BCUT2D eigenvalue weighted by Gasteiger charge is -2.11. The van der Waals surface area contributed by atoms with Gasteiger partial charge in [0.25, 0.3) is 0 Å². The zero-order valence-electron chi connectivity index (χ0n) is 17.7. The Morgan fingerprint density at radius 3 is 2.72 bits per heavy atom. The van der Waals surface area contributed by atoms with Crippen LogP contribution < -0.4 is 10.9 Å². The molecule has 2 aromatic carbocycles. The summed E-state index contributed by atoms with van der Waals surface area (Å²) in [5.41, 5.74) is 1.68. The summed E-state index contributed by atoms with van der Waals surface area (Å²) in [5, 5.41) is 6.07. The van der Waals surface area contributed by atoms with Crippen molar-refractivity contribution in [3.05, 3.63) is 74.5 Å². The predicted octanol–water partition coefficient (Wildman–Crippen LogP) is 5.33. The van der Waals surface area contributed by atoms with Gasteiger partial charge in [0.15, 0.2) is 0 Å². The van der Waals surface area contributed by atoms with Gasteiger partial charge in [0.2, 0.25) is 5.91 Å². The first-order valence-electron chi connectivity index (χ1n) is 10.4. The van der Waals surface area contributed by atoms with Gasteiger partial charge in [-0.1, -0.05) is 30.3 Å². The molecule has 1 N–H and O–H groups in total. The molecule has 0 bridgehead atoms. The fraction of sp³-hybridized carbons (Fsp3) is 0.240. The highest BCUT2D eigenvalue weighted by atomic mass is 32.1. The van der Waals surface area contributed by atoms with Crippen molar-refractivity contribution in [1.82, 2.24) is 0 Å². The van der Waals surface area contributed by atoms with Gasteiger partial charge in [-0.15, -0.1) is 11.3 Å². The first-order valence-corrected chi connectivity index (χ1v) is 11.3. The van der Waals surface area contributed by atoms with Crippen LogP contribution in [0, 0.1) is 19.8 Å². The Morgan fingerprint density at radius 1 is 1.16 bits per heavy atom. The molecule has 4 aromatic rings. The maximum absolute atomic E-state index is 13.1. The average molecular weight is 448 g/mol. The zero-order chi connectivity index (χ0) is 22.4. The SMILES string of the molecule is Cc1sc(NC(=O)C2CC2)c(C(=O)OCc2cc(=O)oc3ccc4ccccc4c23)c1C. The van der Waals surface area contributed by atoms with Crippen molar-refractivity contribution in [2.24, 2.45) is 5.92 Å². The van der Waals surface area contributed by atoms with Crippen molar-refractivity contribution in [2.75, 3.05) is 5.32 Å². The molecule has 5 rings (SSSR count). The molecule has 2 aromatic heterocycles. The van der Waals surface area contributed by atoms with Crippen LogP contribution in [-0.4, -0.2) is 11.9 Å². The highest BCUT2D eigenvalue weighted by molar-refractivity contribution is 7.16. The van der Waals surface area contributed by atoms with Crippen LogP contribution in [0.2, 0.25) is 0 Å². The summed E-state index contributed by atoms with van der Waals surface area (Å²) in [5.74, 6) is -0.553. The number of ether oxygens (including phenoxy) is 1. The summed E-state index contributed by atoms with van der Waals surface area (Å²) in [7, 11) is 0. The number of rotatable bonds is 5. The van der Waals surface area contributed by atoms with Crippen LogP contribution >= 0.6 is 11.3 Å². The fourth-order valence-corrected chi connectivity index (χ4v) is 4.92. The largest absolute Gasteiger partial charge is 0.457 e. The highest BCUT2D eigenvalue weighted by Crippen LogP contribution is 2.36. The van der Waals surface area contributed by atoms with E-state index in [1.165, 1.54) is 17.4 Å². The van der Waals surface area contributed by atoms with Crippen LogP contribution in [0.3, 0.4) is 0 Å². The van der Waals surface area contributed by atoms with E-state index < -0.39 is 11.6 Å². The number of hydrogen-bond acceptors (Lipinski definition) is 6. The normalized spacial score (nSPS) is 13.4. The summed E-state index contributed by atoms with van der Waals surface area (Å²) >= 11 is 1.37. The molecule has 1 fully saturated rings. The second-order valence-electron chi connectivity index (χ2n) is 8.08. The van der Waals surface area contributed by atoms with Crippen LogP contribution in [-0.2, 0) is 16.1 Å². The first-order chi connectivity index (χ1) is 15.4. The van der Waals surface area contributed by atoms with E-state index in [-0.39, 0.29) is 18.4 Å². The van der Waals surface area contributed by atoms with Gasteiger partial charge in [0.05, 0.1) is 5.56 Å². The molecule has 6 nitrogen and oxygen atoms in total. The number of hydrogen-bond donors (Lipinski definition) is 1. The lowest BCUT2D eigenvalue weighted by atomic mass is 10.0. The molecule has 2 heterocycles. The molecule has 1 amide bonds. The molecule has 1 aliphatic rings. The van der Waals surface area contributed by atoms with E-state index in [0.29, 0.717) is 21.7 Å². The smallest absolute Gasteiger partial charge is 0.341 e. The third kappa shape index (κ3) is 3.69. The molecular formula is C25H21NO5S. The first kappa shape index (κ1) is 20.5. The van der Waals surface area contributed by atoms with E-state index in [9.17, 15) is 14.4 Å². The third-order valence-electron chi connectivity index (χ3n) is 5.85. The van der Waals surface area contributed by atoms with Gasteiger partial charge in [-0.3, -0.25) is 4.79 Å². The summed E-state index contributed by atoms with van der Waals surface area (Å²) in [6.45, 7) is 3.67. The number of carbonyl (C=O) groups is 2. The molecule has 1 saturated carbocycles. The zero-order valence-corrected chi connectivity index (χ0v) is 18.5. The minimum absolute atomic E-state index is 0.0322. The molecule has 0 radical (unpaired) electrons. The standard InChI is InChI=1S/C25H21NO5S/c1-13-14(2)32-24(26-23(28)16-7-8-16)21(13)25(29)30-12-17-11-20(27)31-19-10-9-15-5-3-4-6-18(15)22(17)19/h3-6,9-11,16H,7-8,12H2,1-2H3,(H,26,28). The molecule has 0 spiro atoms. The minimum Gasteiger partial charge on any atom is -0.457 e. The summed E-state index contributed by atoms with van der Waals surface area (Å²) in [4.78, 5) is 38.4. The average Bonchev–Trinajstić information content (AvgIpc) is 3.58. The van der Waals surface area contributed by atoms with Crippen molar-refractivity contribution >= 4 is 50.0 Å². The van der Waals surface area contributed by atoms with E-state index in [1.807, 2.05) is 44.2 Å². The van der Waals surface area contributed by atoms with Crippen LogP contribution in [0.1, 0.15) is 39.2 Å². The maximum atomic E-state index is 13.1. The van der Waals surface area contributed by atoms with Gasteiger partial charge in [0.1, 0.15) is 17.2 Å². The van der Waals surface area contributed by atoms with Crippen molar-refractivity contribution in [3.63, 3.8) is 0 Å². The predicted molar refractivity (Wildman–Crippen MR) is 124 cm³/mol. The number of thiophene rings is 1. The molecule has 162 valence electrons. The topological polar surface area (TPSA) is 85.6 Å². The van der Waals surface area contributed by atoms with Crippen molar-refractivity contribution in [2.45, 2.75) is 33.3 Å². The Morgan fingerprint density at radius 2 is 1.94 bits per heavy atom. The fourth-order valence-electron chi connectivity index (χ4n) is 3.87. The maximum Gasteiger partial charge on any atom is 0.341 e. The Labute approximate surface area is 187 Å². The number of nitrogens with one attached hydrogen (secondary N) is 1. The highest BCUT2D eigenvalue weighted by Gasteiger charge is 2.31. The Bertz CT molecular complexity index is 1440. The molecule has 0 unspecified atom stereocenters. The van der Waals surface area contributed by atoms with Gasteiger partial charge in [0, 0.05) is 27.8 Å².